The fraction of sp³-hybridized carbons (Fsp3) is 0.385. The molecule has 0 saturated carbocycles. The number of nitrogens with zero attached hydrogens (tertiary/aromatic N) is 1. The van der Waals surface area contributed by atoms with Crippen molar-refractivity contribution in [2.45, 2.75) is 20.3 Å². The van der Waals surface area contributed by atoms with Gasteiger partial charge in [-0.15, -0.1) is 5.01 Å². The molecule has 2 amide bonds. The Labute approximate surface area is 121 Å². The van der Waals surface area contributed by atoms with E-state index in [1.807, 2.05) is 0 Å². The van der Waals surface area contributed by atoms with Crippen molar-refractivity contribution in [3.05, 3.63) is 24.3 Å². The molecule has 1 aromatic rings. The summed E-state index contributed by atoms with van der Waals surface area (Å²) in [5, 5.41) is 0.793. The van der Waals surface area contributed by atoms with Crippen LogP contribution >= 0.6 is 0 Å². The Morgan fingerprint density at radius 3 is 2.24 bits per heavy atom. The number of ether oxygens (including phenoxy) is 4. The molecule has 0 radical (unpaired) electrons. The number of hydrogen-bond acceptors (Lipinski definition) is 6. The Kier molecular flexibility index (Phi) is 4.70. The lowest BCUT2D eigenvalue weighted by molar-refractivity contribution is -0.0974. The summed E-state index contributed by atoms with van der Waals surface area (Å²) in [7, 11) is 0. The van der Waals surface area contributed by atoms with Gasteiger partial charge in [-0.3, -0.25) is 0 Å². The van der Waals surface area contributed by atoms with Gasteiger partial charge in [0, 0.05) is 0 Å². The van der Waals surface area contributed by atoms with E-state index in [9.17, 15) is 9.59 Å². The molecule has 21 heavy (non-hydrogen) atoms. The number of rotatable bonds is 3. The molecule has 1 aliphatic rings. The summed E-state index contributed by atoms with van der Waals surface area (Å²) in [5.41, 5.74) is 2.23. The van der Waals surface area contributed by atoms with E-state index in [4.69, 9.17) is 18.9 Å². The molecule has 0 spiro atoms. The lowest BCUT2D eigenvalue weighted by Crippen LogP contribution is -2.55. The number of amides is 2. The van der Waals surface area contributed by atoms with Crippen molar-refractivity contribution in [3.8, 4) is 11.5 Å². The monoisotopic (exact) mass is 296 g/mol. The summed E-state index contributed by atoms with van der Waals surface area (Å²) < 4.78 is 20.5. The first kappa shape index (κ1) is 14.8. The zero-order valence-corrected chi connectivity index (χ0v) is 11.7. The van der Waals surface area contributed by atoms with E-state index in [1.165, 1.54) is 0 Å². The third-order valence-corrected chi connectivity index (χ3v) is 2.47. The van der Waals surface area contributed by atoms with E-state index in [2.05, 4.69) is 5.43 Å². The van der Waals surface area contributed by atoms with Crippen LogP contribution in [0.25, 0.3) is 0 Å². The normalized spacial score (nSPS) is 12.7. The molecular weight excluding hydrogens is 280 g/mol. The van der Waals surface area contributed by atoms with Crippen molar-refractivity contribution >= 4 is 12.2 Å². The molecule has 0 fully saturated rings. The number of fused-ring (bicyclic) bond motifs is 1. The lowest BCUT2D eigenvalue weighted by atomic mass is 10.3. The molecule has 0 bridgehead atoms. The van der Waals surface area contributed by atoms with Crippen molar-refractivity contribution in [1.29, 1.82) is 0 Å². The molecule has 2 rings (SSSR count). The van der Waals surface area contributed by atoms with Gasteiger partial charge in [0.2, 0.25) is 0 Å². The summed E-state index contributed by atoms with van der Waals surface area (Å²) in [5.74, 6) is 0.921. The number of hydrogen-bond donors (Lipinski definition) is 1. The molecule has 8 nitrogen and oxygen atoms in total. The predicted molar refractivity (Wildman–Crippen MR) is 70.5 cm³/mol. The Hall–Kier alpha value is -2.64. The van der Waals surface area contributed by atoms with Gasteiger partial charge in [-0.25, -0.2) is 15.0 Å². The van der Waals surface area contributed by atoms with Gasteiger partial charge in [0.05, 0.1) is 13.2 Å². The summed E-state index contributed by atoms with van der Waals surface area (Å²) in [4.78, 5) is 23.4. The Balaban J connectivity index is 2.09. The first-order valence-corrected chi connectivity index (χ1v) is 6.47. The first-order chi connectivity index (χ1) is 10.2. The van der Waals surface area contributed by atoms with Crippen LogP contribution in [0.4, 0.5) is 9.59 Å². The third-order valence-electron chi connectivity index (χ3n) is 2.47. The smallest absolute Gasteiger partial charge is 0.435 e. The zero-order valence-electron chi connectivity index (χ0n) is 11.7. The van der Waals surface area contributed by atoms with Crippen LogP contribution < -0.4 is 14.9 Å². The number of hydrazine groups is 1. The van der Waals surface area contributed by atoms with E-state index < -0.39 is 18.6 Å². The fourth-order valence-electron chi connectivity index (χ4n) is 1.63. The number of carbonyl (C=O) groups is 2. The van der Waals surface area contributed by atoms with Gasteiger partial charge in [-0.05, 0) is 26.0 Å². The van der Waals surface area contributed by atoms with Gasteiger partial charge in [0.1, 0.15) is 0 Å². The van der Waals surface area contributed by atoms with Crippen molar-refractivity contribution in [3.63, 3.8) is 0 Å². The lowest BCUT2D eigenvalue weighted by Gasteiger charge is -2.25. The molecule has 114 valence electrons. The molecule has 8 heteroatoms. The van der Waals surface area contributed by atoms with E-state index in [-0.39, 0.29) is 13.2 Å². The number of benzene rings is 1. The second kappa shape index (κ2) is 6.69. The predicted octanol–water partition coefficient (Wildman–Crippen LogP) is 1.86. The van der Waals surface area contributed by atoms with Crippen molar-refractivity contribution in [2.24, 2.45) is 0 Å². The van der Waals surface area contributed by atoms with Crippen molar-refractivity contribution < 1.29 is 28.5 Å². The topological polar surface area (TPSA) is 86.3 Å². The fourth-order valence-corrected chi connectivity index (χ4v) is 1.63. The standard InChI is InChI=1S/C13H16N2O6/c1-3-18-11(16)14-15(12(17)19-4-2)13-20-9-7-5-6-8-10(9)21-13/h5-8,13H,3-4H2,1-2H3,(H,14,16). The number of nitrogens with one attached hydrogen (secondary N) is 1. The second-order valence-electron chi connectivity index (χ2n) is 3.89. The summed E-state index contributed by atoms with van der Waals surface area (Å²) >= 11 is 0. The quantitative estimate of drug-likeness (QED) is 0.857. The number of carbonyl (C=O) groups excluding carboxylic acids is 2. The Morgan fingerprint density at radius 2 is 1.71 bits per heavy atom. The van der Waals surface area contributed by atoms with Gasteiger partial charge in [-0.1, -0.05) is 12.1 Å². The highest BCUT2D eigenvalue weighted by molar-refractivity contribution is 5.74. The highest BCUT2D eigenvalue weighted by Crippen LogP contribution is 2.34. The van der Waals surface area contributed by atoms with Gasteiger partial charge < -0.3 is 18.9 Å². The van der Waals surface area contributed by atoms with Crippen LogP contribution in [0.1, 0.15) is 13.8 Å². The maximum atomic E-state index is 11.9. The molecule has 1 heterocycles. The molecule has 0 unspecified atom stereocenters. The number of para-hydroxylation sites is 2. The van der Waals surface area contributed by atoms with E-state index in [0.717, 1.165) is 5.01 Å². The molecule has 0 atom stereocenters. The Morgan fingerprint density at radius 1 is 1.14 bits per heavy atom. The molecule has 1 aliphatic heterocycles. The van der Waals surface area contributed by atoms with E-state index in [1.54, 1.807) is 38.1 Å². The van der Waals surface area contributed by atoms with Crippen molar-refractivity contribution in [2.75, 3.05) is 13.2 Å². The third kappa shape index (κ3) is 3.47. The molecule has 0 aromatic heterocycles. The van der Waals surface area contributed by atoms with Crippen LogP contribution in [0.2, 0.25) is 0 Å². The minimum absolute atomic E-state index is 0.138. The largest absolute Gasteiger partial charge is 0.449 e. The van der Waals surface area contributed by atoms with E-state index in [0.29, 0.717) is 11.5 Å². The van der Waals surface area contributed by atoms with Crippen LogP contribution in [0, 0.1) is 0 Å². The highest BCUT2D eigenvalue weighted by atomic mass is 16.7. The average Bonchev–Trinajstić information content (AvgIpc) is 2.88. The van der Waals surface area contributed by atoms with Gasteiger partial charge in [0.15, 0.2) is 11.5 Å². The summed E-state index contributed by atoms with van der Waals surface area (Å²) in [6, 6.07) is 6.89. The molecule has 0 aliphatic carbocycles. The van der Waals surface area contributed by atoms with Crippen LogP contribution in [0.15, 0.2) is 24.3 Å². The molecule has 1 aromatic carbocycles. The Bertz CT molecular complexity index is 496. The zero-order chi connectivity index (χ0) is 15.2. The van der Waals surface area contributed by atoms with Crippen molar-refractivity contribution in [1.82, 2.24) is 10.4 Å². The average molecular weight is 296 g/mol. The van der Waals surface area contributed by atoms with Gasteiger partial charge in [0.25, 0.3) is 0 Å². The van der Waals surface area contributed by atoms with Gasteiger partial charge in [-0.2, -0.15) is 0 Å². The van der Waals surface area contributed by atoms with Crippen LogP contribution in [-0.4, -0.2) is 36.8 Å². The molecular formula is C13H16N2O6. The minimum atomic E-state index is -1.16. The first-order valence-electron chi connectivity index (χ1n) is 6.47. The summed E-state index contributed by atoms with van der Waals surface area (Å²) in [6.07, 6.45) is -2.79. The second-order valence-corrected chi connectivity index (χ2v) is 3.89. The minimum Gasteiger partial charge on any atom is -0.449 e. The van der Waals surface area contributed by atoms with E-state index >= 15 is 0 Å². The van der Waals surface area contributed by atoms with Crippen LogP contribution in [0.5, 0.6) is 11.5 Å². The van der Waals surface area contributed by atoms with Crippen LogP contribution in [0.3, 0.4) is 0 Å². The maximum Gasteiger partial charge on any atom is 0.435 e. The molecule has 1 N–H and O–H groups in total. The maximum absolute atomic E-state index is 11.9. The van der Waals surface area contributed by atoms with Crippen LogP contribution in [-0.2, 0) is 9.47 Å². The summed E-state index contributed by atoms with van der Waals surface area (Å²) in [6.45, 7) is 3.59. The SMILES string of the molecule is CCOC(=O)NN(C(=O)OCC)C1Oc2ccccc2O1. The van der Waals surface area contributed by atoms with Gasteiger partial charge >= 0.3 is 18.6 Å². The highest BCUT2D eigenvalue weighted by Gasteiger charge is 2.36. The molecule has 0 saturated heterocycles.